The molecular weight excluding hydrogens is 366 g/mol. The van der Waals surface area contributed by atoms with Crippen molar-refractivity contribution in [2.45, 2.75) is 84.7 Å². The van der Waals surface area contributed by atoms with E-state index in [2.05, 4.69) is 39.0 Å². The molecule has 1 N–H and O–H groups in total. The molecule has 0 saturated heterocycles. The van der Waals surface area contributed by atoms with Gasteiger partial charge in [-0.15, -0.1) is 0 Å². The van der Waals surface area contributed by atoms with Crippen LogP contribution in [0.1, 0.15) is 74.1 Å². The van der Waals surface area contributed by atoms with E-state index in [1.807, 2.05) is 6.92 Å². The highest BCUT2D eigenvalue weighted by Crippen LogP contribution is 2.44. The highest BCUT2D eigenvalue weighted by atomic mass is 16.7. The zero-order valence-electron chi connectivity index (χ0n) is 18.3. The number of benzene rings is 1. The van der Waals surface area contributed by atoms with Crippen molar-refractivity contribution in [3.63, 3.8) is 0 Å². The van der Waals surface area contributed by atoms with Crippen LogP contribution >= 0.6 is 0 Å². The lowest BCUT2D eigenvalue weighted by atomic mass is 9.87. The minimum Gasteiger partial charge on any atom is -0.483 e. The second-order valence-electron chi connectivity index (χ2n) is 8.04. The summed E-state index contributed by atoms with van der Waals surface area (Å²) in [6, 6.07) is 2.20. The first-order chi connectivity index (χ1) is 13.9. The number of aliphatic hydroxyl groups is 1. The molecule has 29 heavy (non-hydrogen) atoms. The lowest BCUT2D eigenvalue weighted by Gasteiger charge is -2.36. The summed E-state index contributed by atoms with van der Waals surface area (Å²) in [6.45, 7) is 8.01. The Bertz CT molecular complexity index is 750. The number of aliphatic hydroxyl groups excluding tert-OH is 1. The van der Waals surface area contributed by atoms with Gasteiger partial charge in [0, 0.05) is 12.0 Å². The van der Waals surface area contributed by atoms with Gasteiger partial charge in [0.25, 0.3) is 0 Å². The van der Waals surface area contributed by atoms with E-state index < -0.39 is 0 Å². The number of nitrogens with zero attached hydrogens (tertiary/aromatic N) is 1. The van der Waals surface area contributed by atoms with Gasteiger partial charge in [-0.05, 0) is 82.6 Å². The van der Waals surface area contributed by atoms with Crippen LogP contribution in [-0.4, -0.2) is 24.3 Å². The molecular formula is C24H35NO4. The SMILES string of the molecule is Cc1c(C)c2c(c(C)c1OCOCO)CCC(C)(/C=C/CCCCCCC#N)O2. The Labute approximate surface area is 175 Å². The predicted octanol–water partition coefficient (Wildman–Crippen LogP) is 5.42. The van der Waals surface area contributed by atoms with Crippen LogP contribution in [0.15, 0.2) is 12.2 Å². The van der Waals surface area contributed by atoms with E-state index in [4.69, 9.17) is 24.6 Å². The van der Waals surface area contributed by atoms with Gasteiger partial charge in [-0.2, -0.15) is 5.26 Å². The molecule has 2 rings (SSSR count). The van der Waals surface area contributed by atoms with Gasteiger partial charge in [0.1, 0.15) is 23.9 Å². The molecule has 1 aromatic carbocycles. The van der Waals surface area contributed by atoms with Gasteiger partial charge in [0.2, 0.25) is 0 Å². The zero-order chi connectivity index (χ0) is 21.3. The molecule has 0 fully saturated rings. The molecule has 1 aromatic rings. The van der Waals surface area contributed by atoms with Crippen molar-refractivity contribution in [3.8, 4) is 17.6 Å². The standard InChI is InChI=1S/C24H35NO4/c1-18-19(2)23-21(20(3)22(18)28-17-27-16-26)12-14-24(4,29-23)13-10-8-6-5-7-9-11-15-25/h10,13,26H,5-9,11-12,14,16-17H2,1-4H3/b13-10+. The molecule has 0 radical (unpaired) electrons. The molecule has 160 valence electrons. The van der Waals surface area contributed by atoms with Crippen LogP contribution in [0, 0.1) is 32.1 Å². The van der Waals surface area contributed by atoms with Crippen molar-refractivity contribution in [3.05, 3.63) is 34.4 Å². The average Bonchev–Trinajstić information content (AvgIpc) is 2.71. The number of hydrogen-bond donors (Lipinski definition) is 1. The zero-order valence-corrected chi connectivity index (χ0v) is 18.3. The second-order valence-corrected chi connectivity index (χ2v) is 8.04. The molecule has 5 heteroatoms. The lowest BCUT2D eigenvalue weighted by molar-refractivity contribution is -0.0658. The lowest BCUT2D eigenvalue weighted by Crippen LogP contribution is -2.35. The van der Waals surface area contributed by atoms with Crippen molar-refractivity contribution in [1.82, 2.24) is 0 Å². The van der Waals surface area contributed by atoms with E-state index >= 15 is 0 Å². The van der Waals surface area contributed by atoms with Gasteiger partial charge >= 0.3 is 0 Å². The molecule has 1 aliphatic heterocycles. The fourth-order valence-corrected chi connectivity index (χ4v) is 3.88. The third-order valence-corrected chi connectivity index (χ3v) is 5.78. The summed E-state index contributed by atoms with van der Waals surface area (Å²) < 4.78 is 17.2. The number of nitriles is 1. The van der Waals surface area contributed by atoms with Crippen LogP contribution in [0.2, 0.25) is 0 Å². The third-order valence-electron chi connectivity index (χ3n) is 5.78. The summed E-state index contributed by atoms with van der Waals surface area (Å²) >= 11 is 0. The molecule has 1 heterocycles. The molecule has 0 amide bonds. The second kappa shape index (κ2) is 11.2. The van der Waals surface area contributed by atoms with Gasteiger partial charge in [-0.25, -0.2) is 0 Å². The molecule has 0 spiro atoms. The van der Waals surface area contributed by atoms with Crippen LogP contribution < -0.4 is 9.47 Å². The van der Waals surface area contributed by atoms with Crippen LogP contribution in [0.25, 0.3) is 0 Å². The van der Waals surface area contributed by atoms with E-state index in [1.165, 1.54) is 12.0 Å². The number of unbranched alkanes of at least 4 members (excludes halogenated alkanes) is 5. The summed E-state index contributed by atoms with van der Waals surface area (Å²) in [5, 5.41) is 17.4. The maximum atomic E-state index is 8.80. The minimum atomic E-state index is -0.352. The van der Waals surface area contributed by atoms with Crippen molar-refractivity contribution >= 4 is 0 Å². The van der Waals surface area contributed by atoms with Crippen molar-refractivity contribution in [2.24, 2.45) is 0 Å². The fraction of sp³-hybridized carbons (Fsp3) is 0.625. The highest BCUT2D eigenvalue weighted by Gasteiger charge is 2.32. The molecule has 0 saturated carbocycles. The number of hydrogen-bond acceptors (Lipinski definition) is 5. The monoisotopic (exact) mass is 401 g/mol. The highest BCUT2D eigenvalue weighted by molar-refractivity contribution is 5.59. The van der Waals surface area contributed by atoms with Gasteiger partial charge in [0.15, 0.2) is 6.79 Å². The average molecular weight is 402 g/mol. The normalized spacial score (nSPS) is 18.3. The summed E-state index contributed by atoms with van der Waals surface area (Å²) in [5.74, 6) is 1.80. The quantitative estimate of drug-likeness (QED) is 0.305. The van der Waals surface area contributed by atoms with Crippen molar-refractivity contribution in [1.29, 1.82) is 5.26 Å². The van der Waals surface area contributed by atoms with Crippen molar-refractivity contribution < 1.29 is 19.3 Å². The molecule has 1 atom stereocenters. The largest absolute Gasteiger partial charge is 0.483 e. The van der Waals surface area contributed by atoms with Gasteiger partial charge in [-0.3, -0.25) is 0 Å². The minimum absolute atomic E-state index is 0.0359. The Kier molecular flexibility index (Phi) is 9.00. The Morgan fingerprint density at radius 1 is 1.14 bits per heavy atom. The summed E-state index contributed by atoms with van der Waals surface area (Å²) in [5.41, 5.74) is 4.15. The number of allylic oxidation sites excluding steroid dienone is 1. The van der Waals surface area contributed by atoms with Crippen LogP contribution in [0.4, 0.5) is 0 Å². The van der Waals surface area contributed by atoms with E-state index in [0.29, 0.717) is 6.42 Å². The summed E-state index contributed by atoms with van der Waals surface area (Å²) in [7, 11) is 0. The molecule has 0 aromatic heterocycles. The topological polar surface area (TPSA) is 71.7 Å². The fourth-order valence-electron chi connectivity index (χ4n) is 3.88. The van der Waals surface area contributed by atoms with E-state index in [-0.39, 0.29) is 19.2 Å². The molecule has 1 unspecified atom stereocenters. The van der Waals surface area contributed by atoms with Crippen LogP contribution in [0.3, 0.4) is 0 Å². The summed E-state index contributed by atoms with van der Waals surface area (Å²) in [6.07, 6.45) is 12.5. The third kappa shape index (κ3) is 6.22. The number of rotatable bonds is 11. The Morgan fingerprint density at radius 2 is 1.90 bits per heavy atom. The van der Waals surface area contributed by atoms with E-state index in [0.717, 1.165) is 66.7 Å². The predicted molar refractivity (Wildman–Crippen MR) is 114 cm³/mol. The van der Waals surface area contributed by atoms with Gasteiger partial charge < -0.3 is 19.3 Å². The molecule has 0 bridgehead atoms. The Morgan fingerprint density at radius 3 is 2.62 bits per heavy atom. The maximum Gasteiger partial charge on any atom is 0.191 e. The van der Waals surface area contributed by atoms with Crippen LogP contribution in [0.5, 0.6) is 11.5 Å². The summed E-state index contributed by atoms with van der Waals surface area (Å²) in [4.78, 5) is 0. The molecule has 1 aliphatic rings. The maximum absolute atomic E-state index is 8.80. The first-order valence-electron chi connectivity index (χ1n) is 10.6. The first kappa shape index (κ1) is 23.3. The molecule has 0 aliphatic carbocycles. The van der Waals surface area contributed by atoms with E-state index in [1.54, 1.807) is 0 Å². The van der Waals surface area contributed by atoms with Crippen LogP contribution in [-0.2, 0) is 11.2 Å². The Hall–Kier alpha value is -2.03. The number of fused-ring (bicyclic) bond motifs is 1. The smallest absolute Gasteiger partial charge is 0.191 e. The van der Waals surface area contributed by atoms with E-state index in [9.17, 15) is 0 Å². The Balaban J connectivity index is 2.02. The van der Waals surface area contributed by atoms with Crippen molar-refractivity contribution in [2.75, 3.05) is 13.6 Å². The number of ether oxygens (including phenoxy) is 3. The first-order valence-corrected chi connectivity index (χ1v) is 10.6. The molecule has 5 nitrogen and oxygen atoms in total. The van der Waals surface area contributed by atoms with Gasteiger partial charge in [0.05, 0.1) is 6.07 Å². The van der Waals surface area contributed by atoms with Gasteiger partial charge in [-0.1, -0.05) is 18.9 Å².